The molecular weight excluding hydrogens is 228 g/mol. The molecule has 0 aliphatic heterocycles. The quantitative estimate of drug-likeness (QED) is 0.697. The number of hydrogen-bond acceptors (Lipinski definition) is 3. The number of carbonyl (C=O) groups excluding carboxylic acids is 1. The van der Waals surface area contributed by atoms with E-state index >= 15 is 0 Å². The van der Waals surface area contributed by atoms with Crippen molar-refractivity contribution < 1.29 is 9.53 Å². The highest BCUT2D eigenvalue weighted by atomic mass is 16.5. The summed E-state index contributed by atoms with van der Waals surface area (Å²) in [6.07, 6.45) is 4.47. The lowest BCUT2D eigenvalue weighted by molar-refractivity contribution is -0.143. The van der Waals surface area contributed by atoms with Crippen molar-refractivity contribution in [2.45, 2.75) is 45.6 Å². The van der Waals surface area contributed by atoms with Gasteiger partial charge in [0.15, 0.2) is 0 Å². The Morgan fingerprint density at radius 2 is 2.39 bits per heavy atom. The van der Waals surface area contributed by atoms with Gasteiger partial charge < -0.3 is 9.30 Å². The highest BCUT2D eigenvalue weighted by Crippen LogP contribution is 2.18. The lowest BCUT2D eigenvalue weighted by Gasteiger charge is -2.16. The molecule has 0 bridgehead atoms. The zero-order valence-corrected chi connectivity index (χ0v) is 11.1. The minimum Gasteiger partial charge on any atom is -0.466 e. The smallest absolute Gasteiger partial charge is 0.305 e. The van der Waals surface area contributed by atoms with Crippen LogP contribution in [0, 0.1) is 11.3 Å². The lowest BCUT2D eigenvalue weighted by atomic mass is 10.1. The fraction of sp³-hybridized carbons (Fsp3) is 0.571. The van der Waals surface area contributed by atoms with E-state index in [1.165, 1.54) is 0 Å². The number of aromatic nitrogens is 1. The molecule has 1 atom stereocenters. The van der Waals surface area contributed by atoms with Crippen LogP contribution >= 0.6 is 0 Å². The van der Waals surface area contributed by atoms with E-state index in [4.69, 9.17) is 10.00 Å². The van der Waals surface area contributed by atoms with Crippen LogP contribution in [0.3, 0.4) is 0 Å². The second-order valence-corrected chi connectivity index (χ2v) is 4.26. The van der Waals surface area contributed by atoms with Gasteiger partial charge in [-0.3, -0.25) is 4.79 Å². The molecule has 0 amide bonds. The van der Waals surface area contributed by atoms with Gasteiger partial charge in [0.25, 0.3) is 0 Å². The van der Waals surface area contributed by atoms with Crippen LogP contribution in [-0.2, 0) is 16.0 Å². The fourth-order valence-electron chi connectivity index (χ4n) is 1.95. The molecule has 0 spiro atoms. The van der Waals surface area contributed by atoms with Gasteiger partial charge in [-0.25, -0.2) is 0 Å². The van der Waals surface area contributed by atoms with Crippen LogP contribution in [-0.4, -0.2) is 17.1 Å². The summed E-state index contributed by atoms with van der Waals surface area (Å²) in [5, 5.41) is 8.61. The molecule has 1 rings (SSSR count). The lowest BCUT2D eigenvalue weighted by Crippen LogP contribution is -2.11. The van der Waals surface area contributed by atoms with Gasteiger partial charge in [-0.2, -0.15) is 5.26 Å². The maximum absolute atomic E-state index is 11.3. The van der Waals surface area contributed by atoms with E-state index in [0.29, 0.717) is 19.4 Å². The van der Waals surface area contributed by atoms with Gasteiger partial charge in [0, 0.05) is 37.2 Å². The molecule has 0 fully saturated rings. The van der Waals surface area contributed by atoms with Crippen LogP contribution in [0.2, 0.25) is 0 Å². The van der Waals surface area contributed by atoms with E-state index in [9.17, 15) is 4.79 Å². The van der Waals surface area contributed by atoms with Crippen LogP contribution in [0.4, 0.5) is 0 Å². The van der Waals surface area contributed by atoms with Crippen molar-refractivity contribution in [2.24, 2.45) is 0 Å². The molecule has 0 saturated carbocycles. The summed E-state index contributed by atoms with van der Waals surface area (Å²) in [5.41, 5.74) is 1.15. The Balaban J connectivity index is 2.51. The SMILES string of the molecule is CCOC(=O)CCC(C)n1cccc1CCC#N. The van der Waals surface area contributed by atoms with E-state index in [1.54, 1.807) is 0 Å². The number of carbonyl (C=O) groups is 1. The normalized spacial score (nSPS) is 11.8. The molecule has 0 aromatic carbocycles. The third-order valence-electron chi connectivity index (χ3n) is 2.91. The van der Waals surface area contributed by atoms with Gasteiger partial charge >= 0.3 is 5.97 Å². The Morgan fingerprint density at radius 1 is 1.61 bits per heavy atom. The largest absolute Gasteiger partial charge is 0.466 e. The molecule has 0 radical (unpaired) electrons. The topological polar surface area (TPSA) is 55.0 Å². The van der Waals surface area contributed by atoms with Gasteiger partial charge in [0.1, 0.15) is 0 Å². The van der Waals surface area contributed by atoms with Crippen molar-refractivity contribution in [1.29, 1.82) is 5.26 Å². The summed E-state index contributed by atoms with van der Waals surface area (Å²) >= 11 is 0. The zero-order valence-electron chi connectivity index (χ0n) is 11.1. The first kappa shape index (κ1) is 14.3. The van der Waals surface area contributed by atoms with Crippen molar-refractivity contribution in [3.63, 3.8) is 0 Å². The minimum absolute atomic E-state index is 0.143. The Labute approximate surface area is 108 Å². The molecule has 4 heteroatoms. The molecule has 4 nitrogen and oxygen atoms in total. The van der Waals surface area contributed by atoms with Gasteiger partial charge in [0.05, 0.1) is 12.7 Å². The van der Waals surface area contributed by atoms with E-state index in [-0.39, 0.29) is 12.0 Å². The number of nitrogens with zero attached hydrogens (tertiary/aromatic N) is 2. The molecule has 1 unspecified atom stereocenters. The maximum atomic E-state index is 11.3. The monoisotopic (exact) mass is 248 g/mol. The van der Waals surface area contributed by atoms with Crippen molar-refractivity contribution in [1.82, 2.24) is 4.57 Å². The van der Waals surface area contributed by atoms with Crippen LogP contribution in [0.15, 0.2) is 18.3 Å². The number of nitriles is 1. The van der Waals surface area contributed by atoms with Crippen LogP contribution in [0.1, 0.15) is 44.8 Å². The summed E-state index contributed by atoms with van der Waals surface area (Å²) in [6.45, 7) is 4.33. The van der Waals surface area contributed by atoms with Gasteiger partial charge in [-0.1, -0.05) is 0 Å². The average Bonchev–Trinajstić information content (AvgIpc) is 2.82. The van der Waals surface area contributed by atoms with E-state index in [2.05, 4.69) is 17.6 Å². The summed E-state index contributed by atoms with van der Waals surface area (Å²) in [5.74, 6) is -0.143. The second-order valence-electron chi connectivity index (χ2n) is 4.26. The van der Waals surface area contributed by atoms with E-state index in [0.717, 1.165) is 18.5 Å². The highest BCUT2D eigenvalue weighted by molar-refractivity contribution is 5.69. The zero-order chi connectivity index (χ0) is 13.4. The third kappa shape index (κ3) is 4.25. The third-order valence-corrected chi connectivity index (χ3v) is 2.91. The Hall–Kier alpha value is -1.76. The van der Waals surface area contributed by atoms with Crippen molar-refractivity contribution in [3.05, 3.63) is 24.0 Å². The summed E-state index contributed by atoms with van der Waals surface area (Å²) in [4.78, 5) is 11.3. The Bertz CT molecular complexity index is 418. The average molecular weight is 248 g/mol. The molecule has 1 heterocycles. The number of ether oxygens (including phenoxy) is 1. The van der Waals surface area contributed by atoms with Crippen molar-refractivity contribution >= 4 is 5.97 Å². The molecule has 0 saturated heterocycles. The summed E-state index contributed by atoms with van der Waals surface area (Å²) < 4.78 is 7.05. The predicted octanol–water partition coefficient (Wildman–Crippen LogP) is 2.85. The van der Waals surface area contributed by atoms with Crippen molar-refractivity contribution in [2.75, 3.05) is 6.61 Å². The Kier molecular flexibility index (Phi) is 5.99. The number of rotatable bonds is 7. The molecule has 0 aliphatic rings. The Morgan fingerprint density at radius 3 is 3.06 bits per heavy atom. The minimum atomic E-state index is -0.143. The van der Waals surface area contributed by atoms with Crippen LogP contribution in [0.5, 0.6) is 0 Å². The molecule has 1 aromatic rings. The molecular formula is C14H20N2O2. The van der Waals surface area contributed by atoms with E-state index in [1.807, 2.05) is 25.3 Å². The van der Waals surface area contributed by atoms with Crippen LogP contribution in [0.25, 0.3) is 0 Å². The summed E-state index contributed by atoms with van der Waals surface area (Å²) in [6, 6.07) is 6.41. The van der Waals surface area contributed by atoms with Crippen molar-refractivity contribution in [3.8, 4) is 6.07 Å². The number of aryl methyl sites for hydroxylation is 1. The first-order valence-electron chi connectivity index (χ1n) is 6.37. The standard InChI is InChI=1S/C14H20N2O2/c1-3-18-14(17)9-8-12(2)16-11-5-7-13(16)6-4-10-15/h5,7,11-12H,3-4,6,8-9H2,1-2H3. The van der Waals surface area contributed by atoms with Gasteiger partial charge in [-0.15, -0.1) is 0 Å². The first-order chi connectivity index (χ1) is 8.69. The predicted molar refractivity (Wildman–Crippen MR) is 68.9 cm³/mol. The molecule has 18 heavy (non-hydrogen) atoms. The van der Waals surface area contributed by atoms with E-state index < -0.39 is 0 Å². The molecule has 1 aromatic heterocycles. The fourth-order valence-corrected chi connectivity index (χ4v) is 1.95. The maximum Gasteiger partial charge on any atom is 0.305 e. The number of esters is 1. The highest BCUT2D eigenvalue weighted by Gasteiger charge is 2.11. The molecule has 0 aliphatic carbocycles. The number of hydrogen-bond donors (Lipinski definition) is 0. The molecule has 0 N–H and O–H groups in total. The van der Waals surface area contributed by atoms with Gasteiger partial charge in [0.2, 0.25) is 0 Å². The first-order valence-corrected chi connectivity index (χ1v) is 6.37. The van der Waals surface area contributed by atoms with Gasteiger partial charge in [-0.05, 0) is 32.4 Å². The molecule has 98 valence electrons. The summed E-state index contributed by atoms with van der Waals surface area (Å²) in [7, 11) is 0. The van der Waals surface area contributed by atoms with Crippen LogP contribution < -0.4 is 0 Å². The second kappa shape index (κ2) is 7.54.